The molecule has 0 bridgehead atoms. The summed E-state index contributed by atoms with van der Waals surface area (Å²) in [7, 11) is 0. The van der Waals surface area contributed by atoms with E-state index in [-0.39, 0.29) is 0 Å². The third-order valence-electron chi connectivity index (χ3n) is 1.09. The topological polar surface area (TPSA) is 0 Å². The fourth-order valence-corrected chi connectivity index (χ4v) is 0.873. The van der Waals surface area contributed by atoms with Crippen LogP contribution < -0.4 is 0 Å². The summed E-state index contributed by atoms with van der Waals surface area (Å²) >= 11 is 3.00. The van der Waals surface area contributed by atoms with E-state index in [1.807, 2.05) is 0 Å². The van der Waals surface area contributed by atoms with Gasteiger partial charge in [-0.25, -0.2) is 4.39 Å². The Kier molecular flexibility index (Phi) is 1.20. The molecule has 1 aliphatic carbocycles. The van der Waals surface area contributed by atoms with Gasteiger partial charge in [-0.2, -0.15) is 0 Å². The molecule has 1 aliphatic rings. The van der Waals surface area contributed by atoms with Gasteiger partial charge < -0.3 is 0 Å². The zero-order valence-electron chi connectivity index (χ0n) is 3.82. The summed E-state index contributed by atoms with van der Waals surface area (Å²) < 4.78 is 12.4. The van der Waals surface area contributed by atoms with Crippen molar-refractivity contribution in [3.63, 3.8) is 0 Å². The first-order valence-corrected chi connectivity index (χ1v) is 3.15. The molecule has 7 heavy (non-hydrogen) atoms. The van der Waals surface area contributed by atoms with Gasteiger partial charge in [0.2, 0.25) is 0 Å². The molecule has 2 heteroatoms. The molecule has 0 aliphatic heterocycles. The Labute approximate surface area is 50.5 Å². The van der Waals surface area contributed by atoms with Crippen molar-refractivity contribution in [3.8, 4) is 0 Å². The predicted molar refractivity (Wildman–Crippen MR) is 31.1 cm³/mol. The summed E-state index contributed by atoms with van der Waals surface area (Å²) in [6.45, 7) is 0. The Morgan fingerprint density at radius 3 is 2.29 bits per heavy atom. The van der Waals surface area contributed by atoms with Crippen LogP contribution in [0.25, 0.3) is 0 Å². The second-order valence-corrected chi connectivity index (χ2v) is 2.36. The summed E-state index contributed by atoms with van der Waals surface area (Å²) in [6, 6.07) is 0. The highest BCUT2D eigenvalue weighted by atomic mass is 79.9. The molecule has 0 aromatic heterocycles. The van der Waals surface area contributed by atoms with Crippen molar-refractivity contribution in [1.82, 2.24) is 0 Å². The van der Waals surface area contributed by atoms with Crippen molar-refractivity contribution >= 4 is 15.9 Å². The number of hydrogen-bond donors (Lipinski definition) is 0. The van der Waals surface area contributed by atoms with Gasteiger partial charge in [0.15, 0.2) is 0 Å². The highest BCUT2D eigenvalue weighted by molar-refractivity contribution is 9.11. The van der Waals surface area contributed by atoms with Crippen molar-refractivity contribution in [2.24, 2.45) is 0 Å². The highest BCUT2D eigenvalue weighted by Crippen LogP contribution is 2.41. The van der Waals surface area contributed by atoms with E-state index in [0.717, 1.165) is 0 Å². The summed E-state index contributed by atoms with van der Waals surface area (Å²) in [5.74, 6) is 0. The predicted octanol–water partition coefficient (Wildman–Crippen LogP) is 2.40. The van der Waals surface area contributed by atoms with Crippen molar-refractivity contribution in [1.29, 1.82) is 0 Å². The molecular formula is C5H6BrF. The van der Waals surface area contributed by atoms with Crippen LogP contribution in [0.5, 0.6) is 0 Å². The summed E-state index contributed by atoms with van der Waals surface area (Å²) in [5, 5.41) is 0. The van der Waals surface area contributed by atoms with Crippen LogP contribution in [0.2, 0.25) is 0 Å². The second-order valence-electron chi connectivity index (χ2n) is 1.83. The van der Waals surface area contributed by atoms with E-state index in [1.54, 1.807) is 11.1 Å². The number of rotatable bonds is 1. The number of alkyl halides is 1. The van der Waals surface area contributed by atoms with Gasteiger partial charge in [0.05, 0.1) is 0 Å². The zero-order valence-corrected chi connectivity index (χ0v) is 5.41. The molecule has 0 heterocycles. The zero-order chi connectivity index (χ0) is 5.33. The summed E-state index contributed by atoms with van der Waals surface area (Å²) in [6.07, 6.45) is 2.96. The molecule has 0 amide bonds. The Balaban J connectivity index is 2.40. The maximum Gasteiger partial charge on any atom is 0.130 e. The van der Waals surface area contributed by atoms with Crippen LogP contribution in [-0.4, -0.2) is 5.67 Å². The lowest BCUT2D eigenvalue weighted by atomic mass is 10.4. The van der Waals surface area contributed by atoms with E-state index in [2.05, 4.69) is 15.9 Å². The van der Waals surface area contributed by atoms with Crippen molar-refractivity contribution in [2.45, 2.75) is 18.5 Å². The Morgan fingerprint density at radius 1 is 1.57 bits per heavy atom. The molecule has 1 saturated carbocycles. The highest BCUT2D eigenvalue weighted by Gasteiger charge is 2.39. The van der Waals surface area contributed by atoms with E-state index in [9.17, 15) is 4.39 Å². The molecule has 0 aromatic carbocycles. The van der Waals surface area contributed by atoms with Crippen LogP contribution in [0.3, 0.4) is 0 Å². The fraction of sp³-hybridized carbons (Fsp3) is 0.600. The SMILES string of the molecule is FC1(/C=C/Br)CC1. The van der Waals surface area contributed by atoms with Gasteiger partial charge in [0, 0.05) is 0 Å². The summed E-state index contributed by atoms with van der Waals surface area (Å²) in [4.78, 5) is 1.58. The Morgan fingerprint density at radius 2 is 2.14 bits per heavy atom. The van der Waals surface area contributed by atoms with Gasteiger partial charge in [-0.3, -0.25) is 0 Å². The molecule has 0 radical (unpaired) electrons. The first-order chi connectivity index (χ1) is 3.27. The first-order valence-electron chi connectivity index (χ1n) is 2.24. The monoisotopic (exact) mass is 164 g/mol. The number of halogens is 2. The number of hydrogen-bond acceptors (Lipinski definition) is 0. The lowest BCUT2D eigenvalue weighted by Crippen LogP contribution is -1.88. The molecule has 40 valence electrons. The van der Waals surface area contributed by atoms with E-state index >= 15 is 0 Å². The maximum absolute atomic E-state index is 12.4. The summed E-state index contributed by atoms with van der Waals surface area (Å²) in [5.41, 5.74) is -0.927. The van der Waals surface area contributed by atoms with Crippen LogP contribution in [0, 0.1) is 0 Å². The molecule has 1 fully saturated rings. The minimum atomic E-state index is -0.927. The minimum Gasteiger partial charge on any atom is -0.239 e. The van der Waals surface area contributed by atoms with Gasteiger partial charge in [-0.15, -0.1) is 0 Å². The van der Waals surface area contributed by atoms with Crippen LogP contribution >= 0.6 is 15.9 Å². The molecule has 0 N–H and O–H groups in total. The molecule has 1 rings (SSSR count). The van der Waals surface area contributed by atoms with Crippen molar-refractivity contribution < 1.29 is 4.39 Å². The normalized spacial score (nSPS) is 26.0. The molecular weight excluding hydrogens is 159 g/mol. The minimum absolute atomic E-state index is 0.703. The van der Waals surface area contributed by atoms with Crippen LogP contribution in [0.1, 0.15) is 12.8 Å². The van der Waals surface area contributed by atoms with E-state index in [1.165, 1.54) is 0 Å². The van der Waals surface area contributed by atoms with Crippen molar-refractivity contribution in [3.05, 3.63) is 11.1 Å². The largest absolute Gasteiger partial charge is 0.239 e. The van der Waals surface area contributed by atoms with Gasteiger partial charge in [-0.05, 0) is 23.9 Å². The average Bonchev–Trinajstić information content (AvgIpc) is 2.22. The standard InChI is InChI=1S/C5H6BrF/c6-4-3-5(7)1-2-5/h3-4H,1-2H2/b4-3+. The van der Waals surface area contributed by atoms with Crippen LogP contribution in [0.15, 0.2) is 11.1 Å². The van der Waals surface area contributed by atoms with Gasteiger partial charge in [-0.1, -0.05) is 15.9 Å². The molecule has 0 aromatic rings. The Hall–Kier alpha value is 0.150. The third kappa shape index (κ3) is 1.27. The molecule has 0 atom stereocenters. The maximum atomic E-state index is 12.4. The average molecular weight is 165 g/mol. The Bertz CT molecular complexity index is 94.3. The molecule has 0 spiro atoms. The van der Waals surface area contributed by atoms with Gasteiger partial charge in [0.25, 0.3) is 0 Å². The lowest BCUT2D eigenvalue weighted by Gasteiger charge is -1.87. The van der Waals surface area contributed by atoms with E-state index < -0.39 is 5.67 Å². The van der Waals surface area contributed by atoms with Crippen molar-refractivity contribution in [2.75, 3.05) is 0 Å². The van der Waals surface area contributed by atoms with Gasteiger partial charge >= 0.3 is 0 Å². The molecule has 0 unspecified atom stereocenters. The van der Waals surface area contributed by atoms with E-state index in [4.69, 9.17) is 0 Å². The lowest BCUT2D eigenvalue weighted by molar-refractivity contribution is 0.381. The number of allylic oxidation sites excluding steroid dienone is 1. The second kappa shape index (κ2) is 1.58. The van der Waals surface area contributed by atoms with Crippen LogP contribution in [0.4, 0.5) is 4.39 Å². The third-order valence-corrected chi connectivity index (χ3v) is 1.35. The van der Waals surface area contributed by atoms with E-state index in [0.29, 0.717) is 12.8 Å². The van der Waals surface area contributed by atoms with Gasteiger partial charge in [0.1, 0.15) is 5.67 Å². The fourth-order valence-electron chi connectivity index (χ4n) is 0.399. The smallest absolute Gasteiger partial charge is 0.130 e. The van der Waals surface area contributed by atoms with Crippen LogP contribution in [-0.2, 0) is 0 Å². The molecule has 0 saturated heterocycles. The first kappa shape index (κ1) is 5.29. The molecule has 0 nitrogen and oxygen atoms in total. The quantitative estimate of drug-likeness (QED) is 0.559.